The Morgan fingerprint density at radius 3 is 2.76 bits per heavy atom. The van der Waals surface area contributed by atoms with Crippen molar-refractivity contribution >= 4 is 0 Å². The van der Waals surface area contributed by atoms with Crippen LogP contribution in [0.1, 0.15) is 17.0 Å². The molecule has 4 nitrogen and oxygen atoms in total. The molecule has 0 atom stereocenters. The summed E-state index contributed by atoms with van der Waals surface area (Å²) in [5, 5.41) is 0. The predicted molar refractivity (Wildman–Crippen MR) is 80.6 cm³/mol. The lowest BCUT2D eigenvalue weighted by atomic mass is 9.93. The van der Waals surface area contributed by atoms with Crippen molar-refractivity contribution in [3.05, 3.63) is 59.8 Å². The molecule has 0 N–H and O–H groups in total. The molecule has 0 spiro atoms. The molecule has 0 unspecified atom stereocenters. The molecule has 4 rings (SSSR count). The molecule has 0 bridgehead atoms. The number of fused-ring (bicyclic) bond motifs is 3. The average Bonchev–Trinajstić information content (AvgIpc) is 2.55. The van der Waals surface area contributed by atoms with Gasteiger partial charge >= 0.3 is 0 Å². The summed E-state index contributed by atoms with van der Waals surface area (Å²) >= 11 is 0. The Kier molecular flexibility index (Phi) is 2.74. The smallest absolute Gasteiger partial charge is 0.161 e. The second kappa shape index (κ2) is 4.74. The lowest BCUT2D eigenvalue weighted by Gasteiger charge is -2.17. The summed E-state index contributed by atoms with van der Waals surface area (Å²) in [6.45, 7) is 1.97. The minimum absolute atomic E-state index is 0.720. The van der Waals surface area contributed by atoms with Gasteiger partial charge < -0.3 is 0 Å². The van der Waals surface area contributed by atoms with Gasteiger partial charge in [0, 0.05) is 35.4 Å². The minimum atomic E-state index is 0.720. The zero-order valence-electron chi connectivity index (χ0n) is 11.7. The van der Waals surface area contributed by atoms with Crippen LogP contribution in [0.15, 0.2) is 42.9 Å². The van der Waals surface area contributed by atoms with Gasteiger partial charge in [0.25, 0.3) is 0 Å². The molecule has 0 saturated carbocycles. The molecule has 0 fully saturated rings. The van der Waals surface area contributed by atoms with Gasteiger partial charge in [0.15, 0.2) is 5.82 Å². The zero-order valence-corrected chi connectivity index (χ0v) is 11.7. The summed E-state index contributed by atoms with van der Waals surface area (Å²) in [6, 6.07) is 8.04. The Morgan fingerprint density at radius 1 is 0.952 bits per heavy atom. The van der Waals surface area contributed by atoms with Crippen molar-refractivity contribution in [2.24, 2.45) is 0 Å². The van der Waals surface area contributed by atoms with Crippen LogP contribution in [0, 0.1) is 6.92 Å². The van der Waals surface area contributed by atoms with Gasteiger partial charge in [-0.2, -0.15) is 0 Å². The molecule has 0 saturated heterocycles. The Balaban J connectivity index is 1.86. The van der Waals surface area contributed by atoms with Crippen molar-refractivity contribution in [1.29, 1.82) is 0 Å². The number of aryl methyl sites for hydroxylation is 3. The van der Waals surface area contributed by atoms with E-state index in [-0.39, 0.29) is 0 Å². The van der Waals surface area contributed by atoms with E-state index in [1.807, 2.05) is 43.7 Å². The first-order valence-corrected chi connectivity index (χ1v) is 7.04. The number of aromatic nitrogens is 4. The van der Waals surface area contributed by atoms with Gasteiger partial charge in [0.05, 0.1) is 11.4 Å². The standard InChI is InChI=1S/C17H14N4/c1-11-4-5-13(10-19-11)17-20-9-12-6-7-15-14(16(12)21-17)3-2-8-18-15/h2-5,8-10H,6-7H2,1H3. The van der Waals surface area contributed by atoms with Gasteiger partial charge in [-0.25, -0.2) is 9.97 Å². The molecule has 3 heterocycles. The molecule has 0 aliphatic heterocycles. The van der Waals surface area contributed by atoms with Gasteiger partial charge in [-0.1, -0.05) is 0 Å². The fourth-order valence-corrected chi connectivity index (χ4v) is 2.67. The molecule has 0 amide bonds. The molecule has 4 heteroatoms. The van der Waals surface area contributed by atoms with Crippen molar-refractivity contribution in [1.82, 2.24) is 19.9 Å². The van der Waals surface area contributed by atoms with Crippen molar-refractivity contribution in [3.63, 3.8) is 0 Å². The van der Waals surface area contributed by atoms with Crippen molar-refractivity contribution in [2.75, 3.05) is 0 Å². The maximum Gasteiger partial charge on any atom is 0.161 e. The third kappa shape index (κ3) is 2.09. The van der Waals surface area contributed by atoms with Gasteiger partial charge in [-0.3, -0.25) is 9.97 Å². The second-order valence-electron chi connectivity index (χ2n) is 5.25. The van der Waals surface area contributed by atoms with E-state index in [1.165, 1.54) is 5.56 Å². The highest BCUT2D eigenvalue weighted by atomic mass is 14.9. The normalized spacial score (nSPS) is 12.6. The Labute approximate surface area is 123 Å². The molecular formula is C17H14N4. The largest absolute Gasteiger partial charge is 0.261 e. The van der Waals surface area contributed by atoms with Gasteiger partial charge in [0.2, 0.25) is 0 Å². The molecule has 21 heavy (non-hydrogen) atoms. The summed E-state index contributed by atoms with van der Waals surface area (Å²) in [5.74, 6) is 0.720. The van der Waals surface area contributed by atoms with Crippen LogP contribution in [0.3, 0.4) is 0 Å². The molecule has 0 radical (unpaired) electrons. The summed E-state index contributed by atoms with van der Waals surface area (Å²) in [7, 11) is 0. The summed E-state index contributed by atoms with van der Waals surface area (Å²) in [4.78, 5) is 18.0. The molecule has 102 valence electrons. The Bertz CT molecular complexity index is 809. The number of nitrogens with zero attached hydrogens (tertiary/aromatic N) is 4. The van der Waals surface area contributed by atoms with E-state index in [0.29, 0.717) is 0 Å². The molecular weight excluding hydrogens is 260 g/mol. The summed E-state index contributed by atoms with van der Waals surface area (Å²) in [6.07, 6.45) is 7.51. The van der Waals surface area contributed by atoms with E-state index in [4.69, 9.17) is 4.98 Å². The van der Waals surface area contributed by atoms with E-state index in [9.17, 15) is 0 Å². The molecule has 1 aliphatic carbocycles. The highest BCUT2D eigenvalue weighted by molar-refractivity contribution is 5.69. The van der Waals surface area contributed by atoms with Gasteiger partial charge in [-0.15, -0.1) is 0 Å². The first kappa shape index (κ1) is 12.1. The van der Waals surface area contributed by atoms with E-state index in [0.717, 1.165) is 46.9 Å². The van der Waals surface area contributed by atoms with Crippen LogP contribution in [-0.2, 0) is 12.8 Å². The maximum atomic E-state index is 4.76. The molecule has 1 aliphatic rings. The van der Waals surface area contributed by atoms with Gasteiger partial charge in [-0.05, 0) is 49.6 Å². The third-order valence-corrected chi connectivity index (χ3v) is 3.81. The van der Waals surface area contributed by atoms with E-state index < -0.39 is 0 Å². The highest BCUT2D eigenvalue weighted by Gasteiger charge is 2.19. The van der Waals surface area contributed by atoms with Crippen LogP contribution < -0.4 is 0 Å². The van der Waals surface area contributed by atoms with Crippen LogP contribution in [0.2, 0.25) is 0 Å². The highest BCUT2D eigenvalue weighted by Crippen LogP contribution is 2.31. The number of pyridine rings is 2. The summed E-state index contributed by atoms with van der Waals surface area (Å²) < 4.78 is 0. The molecule has 0 aromatic carbocycles. The van der Waals surface area contributed by atoms with E-state index in [2.05, 4.69) is 21.0 Å². The predicted octanol–water partition coefficient (Wildman–Crippen LogP) is 3.01. The number of hydrogen-bond donors (Lipinski definition) is 0. The lowest BCUT2D eigenvalue weighted by Crippen LogP contribution is -2.09. The van der Waals surface area contributed by atoms with Crippen LogP contribution >= 0.6 is 0 Å². The fraction of sp³-hybridized carbons (Fsp3) is 0.176. The molecule has 3 aromatic heterocycles. The first-order chi connectivity index (χ1) is 10.3. The average molecular weight is 274 g/mol. The maximum absolute atomic E-state index is 4.76. The van der Waals surface area contributed by atoms with Crippen LogP contribution in [0.4, 0.5) is 0 Å². The minimum Gasteiger partial charge on any atom is -0.261 e. The Hall–Kier alpha value is -2.62. The lowest BCUT2D eigenvalue weighted by molar-refractivity contribution is 0.875. The SMILES string of the molecule is Cc1ccc(-c2ncc3c(n2)-c2cccnc2CC3)cn1. The third-order valence-electron chi connectivity index (χ3n) is 3.81. The zero-order chi connectivity index (χ0) is 14.2. The number of rotatable bonds is 1. The van der Waals surface area contributed by atoms with E-state index in [1.54, 1.807) is 0 Å². The quantitative estimate of drug-likeness (QED) is 0.684. The second-order valence-corrected chi connectivity index (χ2v) is 5.25. The van der Waals surface area contributed by atoms with Crippen molar-refractivity contribution in [2.45, 2.75) is 19.8 Å². The fourth-order valence-electron chi connectivity index (χ4n) is 2.67. The summed E-state index contributed by atoms with van der Waals surface area (Å²) in [5.41, 5.74) is 6.39. The Morgan fingerprint density at radius 2 is 1.90 bits per heavy atom. The van der Waals surface area contributed by atoms with Crippen LogP contribution in [0.25, 0.3) is 22.6 Å². The first-order valence-electron chi connectivity index (χ1n) is 7.04. The van der Waals surface area contributed by atoms with E-state index >= 15 is 0 Å². The van der Waals surface area contributed by atoms with Crippen LogP contribution in [-0.4, -0.2) is 19.9 Å². The van der Waals surface area contributed by atoms with Crippen molar-refractivity contribution < 1.29 is 0 Å². The van der Waals surface area contributed by atoms with Crippen LogP contribution in [0.5, 0.6) is 0 Å². The van der Waals surface area contributed by atoms with Crippen molar-refractivity contribution in [3.8, 4) is 22.6 Å². The van der Waals surface area contributed by atoms with Gasteiger partial charge in [0.1, 0.15) is 0 Å². The number of hydrogen-bond acceptors (Lipinski definition) is 4. The molecule has 3 aromatic rings. The topological polar surface area (TPSA) is 51.6 Å². The monoisotopic (exact) mass is 274 g/mol.